The first-order chi connectivity index (χ1) is 18.1. The van der Waals surface area contributed by atoms with E-state index >= 15 is 0 Å². The van der Waals surface area contributed by atoms with Gasteiger partial charge in [0.05, 0.1) is 0 Å². The lowest BCUT2D eigenvalue weighted by atomic mass is 10.0. The van der Waals surface area contributed by atoms with Gasteiger partial charge in [-0.3, -0.25) is 33.8 Å². The highest BCUT2D eigenvalue weighted by atomic mass is 16.2. The quantitative estimate of drug-likeness (QED) is 0.309. The molecule has 3 rings (SSSR count). The Balaban J connectivity index is 1.91. The molecule has 0 spiro atoms. The third-order valence-corrected chi connectivity index (χ3v) is 6.52. The zero-order chi connectivity index (χ0) is 27.8. The van der Waals surface area contributed by atoms with Crippen LogP contribution in [0.4, 0.5) is 0 Å². The summed E-state index contributed by atoms with van der Waals surface area (Å²) >= 11 is 0. The van der Waals surface area contributed by atoms with Gasteiger partial charge in [0, 0.05) is 25.7 Å². The molecular formula is C25H35N7O6. The molecule has 0 unspecified atom stereocenters. The van der Waals surface area contributed by atoms with E-state index in [0.29, 0.717) is 19.4 Å². The van der Waals surface area contributed by atoms with E-state index in [2.05, 4.69) is 26.3 Å². The highest BCUT2D eigenvalue weighted by Crippen LogP contribution is 2.19. The number of aromatic nitrogens is 1. The Hall–Kier alpha value is -4.03. The van der Waals surface area contributed by atoms with Crippen LogP contribution in [0.25, 0.3) is 0 Å². The van der Waals surface area contributed by atoms with Crippen molar-refractivity contribution < 1.29 is 28.8 Å². The van der Waals surface area contributed by atoms with E-state index in [1.807, 2.05) is 13.8 Å². The summed E-state index contributed by atoms with van der Waals surface area (Å²) in [5, 5.41) is 10.4. The largest absolute Gasteiger partial charge is 0.368 e. The maximum atomic E-state index is 13.3. The molecule has 2 fully saturated rings. The van der Waals surface area contributed by atoms with Gasteiger partial charge in [0.2, 0.25) is 29.5 Å². The van der Waals surface area contributed by atoms with Crippen LogP contribution in [-0.2, 0) is 24.0 Å². The van der Waals surface area contributed by atoms with Gasteiger partial charge in [-0.15, -0.1) is 0 Å². The molecule has 2 aliphatic heterocycles. The fourth-order valence-corrected chi connectivity index (χ4v) is 4.54. The Morgan fingerprint density at radius 3 is 2.53 bits per heavy atom. The van der Waals surface area contributed by atoms with Crippen molar-refractivity contribution in [2.24, 2.45) is 11.7 Å². The number of nitrogens with one attached hydrogen (secondary N) is 4. The van der Waals surface area contributed by atoms with Gasteiger partial charge in [-0.1, -0.05) is 19.9 Å². The number of hydrogen-bond acceptors (Lipinski definition) is 7. The summed E-state index contributed by atoms with van der Waals surface area (Å²) < 4.78 is 0. The summed E-state index contributed by atoms with van der Waals surface area (Å²) in [6, 6.07) is 0.521. The molecule has 0 bridgehead atoms. The molecule has 1 aromatic rings. The number of carbonyl (C=O) groups is 6. The molecule has 38 heavy (non-hydrogen) atoms. The molecule has 0 saturated carbocycles. The lowest BCUT2D eigenvalue weighted by Crippen LogP contribution is -2.59. The van der Waals surface area contributed by atoms with Gasteiger partial charge in [-0.25, -0.2) is 0 Å². The fraction of sp³-hybridized carbons (Fsp3) is 0.560. The van der Waals surface area contributed by atoms with Crippen molar-refractivity contribution in [1.29, 1.82) is 0 Å². The topological polar surface area (TPSA) is 193 Å². The second-order valence-electron chi connectivity index (χ2n) is 9.92. The summed E-state index contributed by atoms with van der Waals surface area (Å²) in [6.07, 6.45) is 2.55. The van der Waals surface area contributed by atoms with Gasteiger partial charge in [0.1, 0.15) is 29.9 Å². The molecule has 3 heterocycles. The van der Waals surface area contributed by atoms with Crippen molar-refractivity contribution in [1.82, 2.24) is 31.2 Å². The van der Waals surface area contributed by atoms with Crippen molar-refractivity contribution in [2.45, 2.75) is 70.1 Å². The van der Waals surface area contributed by atoms with Gasteiger partial charge in [0.15, 0.2) is 0 Å². The van der Waals surface area contributed by atoms with Crippen LogP contribution in [0.1, 0.15) is 56.4 Å². The molecule has 6 amide bonds. The van der Waals surface area contributed by atoms with E-state index in [9.17, 15) is 28.8 Å². The Morgan fingerprint density at radius 2 is 1.87 bits per heavy atom. The van der Waals surface area contributed by atoms with Crippen LogP contribution in [-0.4, -0.2) is 82.6 Å². The molecule has 0 aliphatic carbocycles. The smallest absolute Gasteiger partial charge is 0.270 e. The first kappa shape index (κ1) is 28.5. The summed E-state index contributed by atoms with van der Waals surface area (Å²) in [7, 11) is 0. The standard InChI is InChI=1S/C25H35N7O6/c1-14(2)12-17-23(36)29-15(21(26)34)8-9-20(33)32-11-5-7-19(32)25(38)28-13-18(24(37)30-17)31-22(35)16-6-3-4-10-27-16/h3-4,6,10,14-15,17-19H,5,7-9,11-13H2,1-2H3,(H2,26,34)(H,28,38)(H,29,36)(H,30,37)(H,31,35)/t15-,17-,18-,19+/m0/s1. The van der Waals surface area contributed by atoms with E-state index in [0.717, 1.165) is 0 Å². The number of nitrogens with zero attached hydrogens (tertiary/aromatic N) is 2. The third-order valence-electron chi connectivity index (χ3n) is 6.52. The molecule has 4 atom stereocenters. The predicted molar refractivity (Wildman–Crippen MR) is 135 cm³/mol. The Morgan fingerprint density at radius 1 is 1.11 bits per heavy atom. The number of nitrogens with two attached hydrogens (primary N) is 1. The van der Waals surface area contributed by atoms with Crippen LogP contribution in [0.3, 0.4) is 0 Å². The summed E-state index contributed by atoms with van der Waals surface area (Å²) in [5.41, 5.74) is 5.55. The van der Waals surface area contributed by atoms with Crippen molar-refractivity contribution >= 4 is 35.4 Å². The Bertz CT molecular complexity index is 1060. The highest BCUT2D eigenvalue weighted by Gasteiger charge is 2.36. The number of hydrogen-bond donors (Lipinski definition) is 5. The zero-order valence-corrected chi connectivity index (χ0v) is 21.6. The molecule has 13 nitrogen and oxygen atoms in total. The van der Waals surface area contributed by atoms with Crippen LogP contribution >= 0.6 is 0 Å². The molecule has 2 aliphatic rings. The molecule has 6 N–H and O–H groups in total. The normalized spacial score (nSPS) is 25.4. The third kappa shape index (κ3) is 7.49. The van der Waals surface area contributed by atoms with E-state index in [1.54, 1.807) is 12.1 Å². The first-order valence-electron chi connectivity index (χ1n) is 12.8. The minimum absolute atomic E-state index is 0.0184. The average molecular weight is 530 g/mol. The molecule has 2 saturated heterocycles. The van der Waals surface area contributed by atoms with Crippen LogP contribution in [0, 0.1) is 5.92 Å². The van der Waals surface area contributed by atoms with E-state index in [-0.39, 0.29) is 43.3 Å². The predicted octanol–water partition coefficient (Wildman–Crippen LogP) is -1.42. The minimum atomic E-state index is -1.25. The second kappa shape index (κ2) is 13.0. The van der Waals surface area contributed by atoms with Gasteiger partial charge < -0.3 is 31.9 Å². The van der Waals surface area contributed by atoms with Gasteiger partial charge in [0.25, 0.3) is 5.91 Å². The SMILES string of the molecule is CC(C)C[C@@H]1NC(=O)[C@@H](NC(=O)c2ccccn2)CNC(=O)[C@H]2CCCN2C(=O)CC[C@@H](C(N)=O)NC1=O. The van der Waals surface area contributed by atoms with E-state index < -0.39 is 53.7 Å². The molecule has 1 aromatic heterocycles. The monoisotopic (exact) mass is 529 g/mol. The highest BCUT2D eigenvalue weighted by molar-refractivity contribution is 5.98. The van der Waals surface area contributed by atoms with E-state index in [4.69, 9.17) is 5.73 Å². The molecule has 0 radical (unpaired) electrons. The Kier molecular flexibility index (Phi) is 9.74. The lowest BCUT2D eigenvalue weighted by Gasteiger charge is -2.26. The zero-order valence-electron chi connectivity index (χ0n) is 21.6. The van der Waals surface area contributed by atoms with Gasteiger partial charge in [-0.05, 0) is 43.7 Å². The van der Waals surface area contributed by atoms with Crippen LogP contribution in [0.5, 0.6) is 0 Å². The number of primary amides is 1. The van der Waals surface area contributed by atoms with Crippen molar-refractivity contribution in [2.75, 3.05) is 13.1 Å². The van der Waals surface area contributed by atoms with Crippen molar-refractivity contribution in [3.8, 4) is 0 Å². The maximum absolute atomic E-state index is 13.3. The van der Waals surface area contributed by atoms with Crippen molar-refractivity contribution in [3.05, 3.63) is 30.1 Å². The first-order valence-corrected chi connectivity index (χ1v) is 12.8. The molecular weight excluding hydrogens is 494 g/mol. The lowest BCUT2D eigenvalue weighted by molar-refractivity contribution is -0.139. The fourth-order valence-electron chi connectivity index (χ4n) is 4.54. The molecule has 13 heteroatoms. The average Bonchev–Trinajstić information content (AvgIpc) is 3.37. The van der Waals surface area contributed by atoms with Gasteiger partial charge >= 0.3 is 0 Å². The van der Waals surface area contributed by atoms with Crippen LogP contribution in [0.15, 0.2) is 24.4 Å². The summed E-state index contributed by atoms with van der Waals surface area (Å²) in [6.45, 7) is 3.79. The minimum Gasteiger partial charge on any atom is -0.368 e. The van der Waals surface area contributed by atoms with Crippen LogP contribution < -0.4 is 27.0 Å². The summed E-state index contributed by atoms with van der Waals surface area (Å²) in [5.74, 6) is -3.64. The molecule has 206 valence electrons. The number of fused-ring (bicyclic) bond motifs is 1. The van der Waals surface area contributed by atoms with Gasteiger partial charge in [-0.2, -0.15) is 0 Å². The second-order valence-corrected chi connectivity index (χ2v) is 9.92. The Labute approximate surface area is 220 Å². The number of pyridine rings is 1. The summed E-state index contributed by atoms with van der Waals surface area (Å²) in [4.78, 5) is 82.6. The molecule has 0 aromatic carbocycles. The number of amides is 6. The van der Waals surface area contributed by atoms with E-state index in [1.165, 1.54) is 17.2 Å². The van der Waals surface area contributed by atoms with Crippen LogP contribution in [0.2, 0.25) is 0 Å². The number of carbonyl (C=O) groups excluding carboxylic acids is 6. The maximum Gasteiger partial charge on any atom is 0.270 e. The van der Waals surface area contributed by atoms with Crippen molar-refractivity contribution in [3.63, 3.8) is 0 Å². The number of rotatable bonds is 5.